The molecule has 2 aromatic rings. The third kappa shape index (κ3) is 7.08. The zero-order valence-corrected chi connectivity index (χ0v) is 18.0. The normalized spacial score (nSPS) is 17.0. The van der Waals surface area contributed by atoms with Crippen LogP contribution in [0.2, 0.25) is 0 Å². The Morgan fingerprint density at radius 3 is 2.79 bits per heavy atom. The fourth-order valence-corrected chi connectivity index (χ4v) is 3.40. The molecule has 1 aromatic carbocycles. The van der Waals surface area contributed by atoms with Crippen LogP contribution in [-0.2, 0) is 22.7 Å². The SMILES string of the molecule is CC(C)OCc1ccccc1CNC(=O)CN1CCNCC1c1cccnc1.Cl. The van der Waals surface area contributed by atoms with Gasteiger partial charge in [-0.1, -0.05) is 30.3 Å². The Hall–Kier alpha value is -1.99. The molecule has 1 fully saturated rings. The fraction of sp³-hybridized carbons (Fsp3) is 0.455. The summed E-state index contributed by atoms with van der Waals surface area (Å²) in [6, 6.07) is 12.3. The third-order valence-corrected chi connectivity index (χ3v) is 4.94. The van der Waals surface area contributed by atoms with Crippen molar-refractivity contribution < 1.29 is 9.53 Å². The number of pyridine rings is 1. The van der Waals surface area contributed by atoms with E-state index in [0.717, 1.165) is 36.3 Å². The Balaban J connectivity index is 0.00000300. The molecule has 1 unspecified atom stereocenters. The maximum absolute atomic E-state index is 12.6. The molecule has 7 heteroatoms. The van der Waals surface area contributed by atoms with Gasteiger partial charge in [0.25, 0.3) is 0 Å². The first kappa shape index (κ1) is 23.3. The first-order chi connectivity index (χ1) is 13.6. The van der Waals surface area contributed by atoms with Crippen LogP contribution < -0.4 is 10.6 Å². The van der Waals surface area contributed by atoms with Gasteiger partial charge < -0.3 is 15.4 Å². The molecule has 3 rings (SSSR count). The lowest BCUT2D eigenvalue weighted by atomic mass is 10.1. The number of aromatic nitrogens is 1. The summed E-state index contributed by atoms with van der Waals surface area (Å²) in [6.07, 6.45) is 3.84. The molecule has 1 aliphatic rings. The molecule has 1 aliphatic heterocycles. The quantitative estimate of drug-likeness (QED) is 0.690. The van der Waals surface area contributed by atoms with Gasteiger partial charge in [-0.25, -0.2) is 0 Å². The highest BCUT2D eigenvalue weighted by Gasteiger charge is 2.25. The summed E-state index contributed by atoms with van der Waals surface area (Å²) in [5.41, 5.74) is 3.35. The summed E-state index contributed by atoms with van der Waals surface area (Å²) >= 11 is 0. The van der Waals surface area contributed by atoms with E-state index in [1.54, 1.807) is 6.20 Å². The fourth-order valence-electron chi connectivity index (χ4n) is 3.40. The van der Waals surface area contributed by atoms with E-state index in [-0.39, 0.29) is 30.5 Å². The number of piperazine rings is 1. The molecule has 29 heavy (non-hydrogen) atoms. The zero-order valence-electron chi connectivity index (χ0n) is 17.1. The van der Waals surface area contributed by atoms with Crippen molar-refractivity contribution in [2.45, 2.75) is 39.1 Å². The van der Waals surface area contributed by atoms with Gasteiger partial charge in [-0.2, -0.15) is 0 Å². The topological polar surface area (TPSA) is 66.5 Å². The van der Waals surface area contributed by atoms with Crippen LogP contribution in [-0.4, -0.2) is 48.1 Å². The summed E-state index contributed by atoms with van der Waals surface area (Å²) in [5.74, 6) is 0.0374. The lowest BCUT2D eigenvalue weighted by molar-refractivity contribution is -0.123. The van der Waals surface area contributed by atoms with Gasteiger partial charge in [0.15, 0.2) is 0 Å². The molecule has 158 valence electrons. The van der Waals surface area contributed by atoms with E-state index in [1.165, 1.54) is 0 Å². The molecule has 0 spiro atoms. The van der Waals surface area contributed by atoms with Crippen molar-refractivity contribution in [1.29, 1.82) is 0 Å². The Morgan fingerprint density at radius 2 is 2.07 bits per heavy atom. The highest BCUT2D eigenvalue weighted by molar-refractivity contribution is 5.85. The summed E-state index contributed by atoms with van der Waals surface area (Å²) in [5, 5.41) is 6.48. The molecule has 0 bridgehead atoms. The van der Waals surface area contributed by atoms with E-state index in [9.17, 15) is 4.79 Å². The van der Waals surface area contributed by atoms with Gasteiger partial charge in [-0.15, -0.1) is 12.4 Å². The number of carbonyl (C=O) groups is 1. The van der Waals surface area contributed by atoms with Gasteiger partial charge in [-0.05, 0) is 36.6 Å². The van der Waals surface area contributed by atoms with Gasteiger partial charge in [0.1, 0.15) is 0 Å². The Bertz CT molecular complexity index is 757. The monoisotopic (exact) mass is 418 g/mol. The van der Waals surface area contributed by atoms with E-state index >= 15 is 0 Å². The van der Waals surface area contributed by atoms with Gasteiger partial charge >= 0.3 is 0 Å². The molecule has 1 aromatic heterocycles. The third-order valence-electron chi connectivity index (χ3n) is 4.94. The van der Waals surface area contributed by atoms with Crippen molar-refractivity contribution >= 4 is 18.3 Å². The molecular formula is C22H31ClN4O2. The number of nitrogens with zero attached hydrogens (tertiary/aromatic N) is 2. The molecule has 1 saturated heterocycles. The number of carbonyl (C=O) groups excluding carboxylic acids is 1. The van der Waals surface area contributed by atoms with Crippen LogP contribution in [0, 0.1) is 0 Å². The van der Waals surface area contributed by atoms with Crippen molar-refractivity contribution in [2.24, 2.45) is 0 Å². The van der Waals surface area contributed by atoms with Gasteiger partial charge in [0, 0.05) is 44.6 Å². The summed E-state index contributed by atoms with van der Waals surface area (Å²) in [4.78, 5) is 19.1. The highest BCUT2D eigenvalue weighted by Crippen LogP contribution is 2.20. The molecule has 1 amide bonds. The summed E-state index contributed by atoms with van der Waals surface area (Å²) in [7, 11) is 0. The lowest BCUT2D eigenvalue weighted by Crippen LogP contribution is -2.49. The number of amides is 1. The lowest BCUT2D eigenvalue weighted by Gasteiger charge is -2.35. The second kappa shape index (κ2) is 11.9. The second-order valence-corrected chi connectivity index (χ2v) is 7.38. The number of halogens is 1. The predicted molar refractivity (Wildman–Crippen MR) is 117 cm³/mol. The van der Waals surface area contributed by atoms with Gasteiger partial charge in [-0.3, -0.25) is 14.7 Å². The van der Waals surface area contributed by atoms with E-state index in [0.29, 0.717) is 19.7 Å². The van der Waals surface area contributed by atoms with E-state index in [2.05, 4.69) is 32.7 Å². The van der Waals surface area contributed by atoms with Crippen molar-refractivity contribution in [1.82, 2.24) is 20.5 Å². The van der Waals surface area contributed by atoms with Gasteiger partial charge in [0.2, 0.25) is 5.91 Å². The smallest absolute Gasteiger partial charge is 0.234 e. The predicted octanol–water partition coefficient (Wildman–Crippen LogP) is 2.69. The maximum Gasteiger partial charge on any atom is 0.234 e. The number of rotatable bonds is 8. The van der Waals surface area contributed by atoms with Crippen LogP contribution in [0.1, 0.15) is 36.6 Å². The molecule has 0 saturated carbocycles. The highest BCUT2D eigenvalue weighted by atomic mass is 35.5. The van der Waals surface area contributed by atoms with E-state index in [1.807, 2.05) is 44.3 Å². The van der Waals surface area contributed by atoms with Crippen molar-refractivity contribution in [2.75, 3.05) is 26.2 Å². The maximum atomic E-state index is 12.6. The van der Waals surface area contributed by atoms with Crippen LogP contribution in [0.25, 0.3) is 0 Å². The van der Waals surface area contributed by atoms with Crippen LogP contribution in [0.3, 0.4) is 0 Å². The second-order valence-electron chi connectivity index (χ2n) is 7.38. The largest absolute Gasteiger partial charge is 0.374 e. The standard InChI is InChI=1S/C22H30N4O2.ClH/c1-17(2)28-16-20-7-4-3-6-18(20)13-25-22(27)15-26-11-10-24-14-21(26)19-8-5-9-23-12-19;/h3-9,12,17,21,24H,10-11,13-16H2,1-2H3,(H,25,27);1H. The minimum atomic E-state index is 0. The Morgan fingerprint density at radius 1 is 1.28 bits per heavy atom. The zero-order chi connectivity index (χ0) is 19.8. The van der Waals surface area contributed by atoms with E-state index < -0.39 is 0 Å². The van der Waals surface area contributed by atoms with Crippen LogP contribution in [0.5, 0.6) is 0 Å². The summed E-state index contributed by atoms with van der Waals surface area (Å²) in [6.45, 7) is 8.06. The molecule has 0 aliphatic carbocycles. The molecule has 2 heterocycles. The molecule has 1 atom stereocenters. The minimum absolute atomic E-state index is 0. The Labute approximate surface area is 179 Å². The number of hydrogen-bond acceptors (Lipinski definition) is 5. The van der Waals surface area contributed by atoms with E-state index in [4.69, 9.17) is 4.74 Å². The number of nitrogens with one attached hydrogen (secondary N) is 2. The Kier molecular flexibility index (Phi) is 9.54. The van der Waals surface area contributed by atoms with Gasteiger partial charge in [0.05, 0.1) is 19.3 Å². The number of hydrogen-bond donors (Lipinski definition) is 2. The summed E-state index contributed by atoms with van der Waals surface area (Å²) < 4.78 is 5.73. The van der Waals surface area contributed by atoms with Crippen molar-refractivity contribution in [3.8, 4) is 0 Å². The van der Waals surface area contributed by atoms with Crippen molar-refractivity contribution in [3.63, 3.8) is 0 Å². The average Bonchev–Trinajstić information content (AvgIpc) is 2.72. The van der Waals surface area contributed by atoms with Crippen LogP contribution in [0.15, 0.2) is 48.8 Å². The minimum Gasteiger partial charge on any atom is -0.374 e. The first-order valence-corrected chi connectivity index (χ1v) is 9.93. The van der Waals surface area contributed by atoms with Crippen LogP contribution in [0.4, 0.5) is 0 Å². The molecule has 2 N–H and O–H groups in total. The molecule has 6 nitrogen and oxygen atoms in total. The average molecular weight is 419 g/mol. The number of ether oxygens (including phenoxy) is 1. The van der Waals surface area contributed by atoms with Crippen LogP contribution >= 0.6 is 12.4 Å². The first-order valence-electron chi connectivity index (χ1n) is 9.93. The molecular weight excluding hydrogens is 388 g/mol. The van der Waals surface area contributed by atoms with Crippen molar-refractivity contribution in [3.05, 3.63) is 65.5 Å². The molecule has 0 radical (unpaired) electrons. The number of benzene rings is 1.